The van der Waals surface area contributed by atoms with Crippen LogP contribution in [0.3, 0.4) is 0 Å². The van der Waals surface area contributed by atoms with Crippen LogP contribution in [0.5, 0.6) is 0 Å². The molecule has 2 saturated heterocycles. The number of H-pyrrole nitrogens is 1. The number of nitrogens with zero attached hydrogens (tertiary/aromatic N) is 5. The van der Waals surface area contributed by atoms with Gasteiger partial charge in [-0.2, -0.15) is 0 Å². The predicted molar refractivity (Wildman–Crippen MR) is 175 cm³/mol. The van der Waals surface area contributed by atoms with Crippen molar-refractivity contribution >= 4 is 35.3 Å². The van der Waals surface area contributed by atoms with E-state index in [0.29, 0.717) is 57.4 Å². The summed E-state index contributed by atoms with van der Waals surface area (Å²) in [7, 11) is 0. The van der Waals surface area contributed by atoms with E-state index in [-0.39, 0.29) is 53.9 Å². The van der Waals surface area contributed by atoms with Gasteiger partial charge in [0, 0.05) is 32.0 Å². The Kier molecular flexibility index (Phi) is 12.7. The van der Waals surface area contributed by atoms with Crippen LogP contribution in [0.4, 0.5) is 0 Å². The third-order valence-corrected chi connectivity index (χ3v) is 9.90. The number of aromatic nitrogens is 4. The zero-order valence-electron chi connectivity index (χ0n) is 29.2. The number of aryl methyl sites for hydroxylation is 1. The zero-order valence-corrected chi connectivity index (χ0v) is 29.2. The van der Waals surface area contributed by atoms with Gasteiger partial charge in [0.15, 0.2) is 0 Å². The Morgan fingerprint density at radius 3 is 2.29 bits per heavy atom. The molecule has 1 aromatic heterocycles. The Labute approximate surface area is 282 Å². The Hall–Kier alpha value is -3.91. The van der Waals surface area contributed by atoms with Crippen molar-refractivity contribution in [3.8, 4) is 0 Å². The lowest BCUT2D eigenvalue weighted by Gasteiger charge is -2.37. The molecule has 0 radical (unpaired) electrons. The lowest BCUT2D eigenvalue weighted by molar-refractivity contribution is -0.152. The number of fused-ring (bicyclic) bond motifs is 2. The number of tetrazole rings is 1. The minimum Gasteiger partial charge on any atom is -0.347 e. The number of amides is 5. The minimum atomic E-state index is -0.933. The van der Waals surface area contributed by atoms with E-state index < -0.39 is 41.8 Å². The van der Waals surface area contributed by atoms with Crippen molar-refractivity contribution in [1.82, 2.24) is 46.4 Å². The van der Waals surface area contributed by atoms with E-state index >= 15 is 0 Å². The average molecular weight is 672 g/mol. The molecule has 6 atom stereocenters. The van der Waals surface area contributed by atoms with Crippen molar-refractivity contribution in [2.24, 2.45) is 23.7 Å². The van der Waals surface area contributed by atoms with Crippen LogP contribution < -0.4 is 16.0 Å². The highest BCUT2D eigenvalue weighted by atomic mass is 16.2. The first-order valence-electron chi connectivity index (χ1n) is 17.6. The maximum absolute atomic E-state index is 14.2. The maximum atomic E-state index is 14.2. The first-order chi connectivity index (χ1) is 22.8. The van der Waals surface area contributed by atoms with Crippen molar-refractivity contribution in [2.45, 2.75) is 130 Å². The van der Waals surface area contributed by atoms with Crippen LogP contribution in [0.15, 0.2) is 0 Å². The first kappa shape index (κ1) is 36.9. The molecule has 48 heavy (non-hydrogen) atoms. The number of rotatable bonds is 17. The van der Waals surface area contributed by atoms with Gasteiger partial charge in [-0.15, -0.1) is 5.10 Å². The van der Waals surface area contributed by atoms with E-state index in [1.807, 2.05) is 41.5 Å². The molecule has 0 aromatic carbocycles. The fourth-order valence-corrected chi connectivity index (χ4v) is 6.82. The Morgan fingerprint density at radius 2 is 1.69 bits per heavy atom. The molecular formula is C33H53N9O6. The lowest BCUT2D eigenvalue weighted by Crippen LogP contribution is -2.61. The summed E-state index contributed by atoms with van der Waals surface area (Å²) in [5, 5.41) is 22.1. The molecular weight excluding hydrogens is 618 g/mol. The summed E-state index contributed by atoms with van der Waals surface area (Å²) in [5.74, 6) is -2.73. The summed E-state index contributed by atoms with van der Waals surface area (Å²) in [4.78, 5) is 84.0. The van der Waals surface area contributed by atoms with Gasteiger partial charge in [0.25, 0.3) is 5.91 Å². The third-order valence-electron chi connectivity index (χ3n) is 9.90. The second-order valence-corrected chi connectivity index (χ2v) is 14.4. The Morgan fingerprint density at radius 1 is 0.979 bits per heavy atom. The lowest BCUT2D eigenvalue weighted by atomic mass is 9.91. The summed E-state index contributed by atoms with van der Waals surface area (Å²) in [6.45, 7) is 11.9. The molecule has 4 N–H and O–H groups in total. The summed E-state index contributed by atoms with van der Waals surface area (Å²) in [6, 6.07) is -3.47. The monoisotopic (exact) mass is 671 g/mol. The smallest absolute Gasteiger partial charge is 0.289 e. The molecule has 15 nitrogen and oxygen atoms in total. The molecule has 2 bridgehead atoms. The van der Waals surface area contributed by atoms with Crippen LogP contribution in [-0.2, 0) is 35.2 Å². The Balaban J connectivity index is 1.43. The molecule has 3 fully saturated rings. The fourth-order valence-electron chi connectivity index (χ4n) is 6.82. The number of likely N-dealkylation sites (tertiary alicyclic amines) is 2. The van der Waals surface area contributed by atoms with E-state index in [9.17, 15) is 28.8 Å². The number of aromatic amines is 1. The number of hydrogen-bond donors (Lipinski definition) is 4. The molecule has 15 heteroatoms. The standard InChI is InChI=1S/C33H53N9O6/c1-7-10-23(29(44)31(46)34-22-13-14-22)41-16-15-21-17-42(28(20(21)6)33(41)48)32(47)27(19(4)5)36-30(45)26(18(2)3)35-25(43)12-9-8-11-24-37-39-40-38-24/h18-23,26-28H,7-17H2,1-6H3,(H,34,46)(H,35,43)(H,36,45)(H,37,38,39,40)/t20-,21-,23?,26+,27-,28-/m0/s1. The molecule has 4 rings (SSSR count). The number of nitrogens with one attached hydrogen (secondary N) is 4. The largest absolute Gasteiger partial charge is 0.347 e. The van der Waals surface area contributed by atoms with E-state index in [2.05, 4.69) is 36.6 Å². The van der Waals surface area contributed by atoms with Crippen molar-refractivity contribution in [3.63, 3.8) is 0 Å². The van der Waals surface area contributed by atoms with Crippen LogP contribution in [0.2, 0.25) is 0 Å². The van der Waals surface area contributed by atoms with Crippen molar-refractivity contribution in [3.05, 3.63) is 5.82 Å². The summed E-state index contributed by atoms with van der Waals surface area (Å²) in [6.07, 6.45) is 5.37. The van der Waals surface area contributed by atoms with Gasteiger partial charge in [0.05, 0.1) is 0 Å². The predicted octanol–water partition coefficient (Wildman–Crippen LogP) is 0.906. The molecule has 2 aliphatic heterocycles. The summed E-state index contributed by atoms with van der Waals surface area (Å²) in [5.41, 5.74) is 0. The highest BCUT2D eigenvalue weighted by Crippen LogP contribution is 2.38. The van der Waals surface area contributed by atoms with Gasteiger partial charge >= 0.3 is 0 Å². The second-order valence-electron chi connectivity index (χ2n) is 14.4. The quantitative estimate of drug-likeness (QED) is 0.137. The number of carbonyl (C=O) groups excluding carboxylic acids is 6. The Bertz CT molecular complexity index is 1310. The first-order valence-corrected chi connectivity index (χ1v) is 17.6. The van der Waals surface area contributed by atoms with Gasteiger partial charge in [0.1, 0.15) is 30.0 Å². The molecule has 266 valence electrons. The van der Waals surface area contributed by atoms with Gasteiger partial charge in [-0.1, -0.05) is 48.0 Å². The van der Waals surface area contributed by atoms with Crippen LogP contribution in [0.25, 0.3) is 0 Å². The number of hydrogen-bond acceptors (Lipinski definition) is 9. The van der Waals surface area contributed by atoms with Gasteiger partial charge < -0.3 is 25.8 Å². The number of unbranched alkanes of at least 4 members (excludes halogenated alkanes) is 1. The molecule has 1 unspecified atom stereocenters. The molecule has 1 saturated carbocycles. The van der Waals surface area contributed by atoms with Crippen LogP contribution >= 0.6 is 0 Å². The van der Waals surface area contributed by atoms with Crippen LogP contribution in [-0.4, -0.2) is 109 Å². The van der Waals surface area contributed by atoms with Crippen molar-refractivity contribution in [2.75, 3.05) is 13.1 Å². The molecule has 3 heterocycles. The highest BCUT2D eigenvalue weighted by Gasteiger charge is 2.52. The molecule has 1 aromatic rings. The van der Waals surface area contributed by atoms with Gasteiger partial charge in [-0.05, 0) is 72.6 Å². The SMILES string of the molecule is CCCC(C(=O)C(=O)NC1CC1)N1CC[C@H]2CN(C(=O)[C@@H](NC(=O)[C@H](NC(=O)CCCCc3nnn[nH]3)C(C)C)C(C)C)[C@H](C1=O)[C@H]2C. The molecule has 1 aliphatic carbocycles. The van der Waals surface area contributed by atoms with Crippen molar-refractivity contribution in [1.29, 1.82) is 0 Å². The summed E-state index contributed by atoms with van der Waals surface area (Å²) < 4.78 is 0. The van der Waals surface area contributed by atoms with Crippen LogP contribution in [0, 0.1) is 23.7 Å². The number of ketones is 1. The second kappa shape index (κ2) is 16.5. The number of Topliss-reactive ketones (excluding diaryl/α,β-unsaturated/α-hetero) is 1. The molecule has 0 spiro atoms. The third kappa shape index (κ3) is 8.95. The average Bonchev–Trinajstić information content (AvgIpc) is 3.60. The zero-order chi connectivity index (χ0) is 35.1. The maximum Gasteiger partial charge on any atom is 0.289 e. The van der Waals surface area contributed by atoms with E-state index in [1.165, 1.54) is 4.90 Å². The van der Waals surface area contributed by atoms with Gasteiger partial charge in [-0.3, -0.25) is 28.8 Å². The van der Waals surface area contributed by atoms with Crippen LogP contribution in [0.1, 0.15) is 98.7 Å². The topological polar surface area (TPSA) is 199 Å². The minimum absolute atomic E-state index is 0.0215. The van der Waals surface area contributed by atoms with E-state index in [0.717, 1.165) is 12.8 Å². The highest BCUT2D eigenvalue weighted by molar-refractivity contribution is 6.38. The molecule has 3 aliphatic rings. The van der Waals surface area contributed by atoms with Gasteiger partial charge in [0.2, 0.25) is 29.4 Å². The van der Waals surface area contributed by atoms with E-state index in [4.69, 9.17) is 0 Å². The van der Waals surface area contributed by atoms with E-state index in [1.54, 1.807) is 4.90 Å². The molecule has 5 amide bonds. The summed E-state index contributed by atoms with van der Waals surface area (Å²) >= 11 is 0. The van der Waals surface area contributed by atoms with Crippen molar-refractivity contribution < 1.29 is 28.8 Å². The fraction of sp³-hybridized carbons (Fsp3) is 0.788. The number of carbonyl (C=O) groups is 6. The van der Waals surface area contributed by atoms with Gasteiger partial charge in [-0.25, -0.2) is 5.10 Å². The normalized spacial score (nSPS) is 22.7.